The Kier molecular flexibility index (Phi) is 5.58. The average molecular weight is 345 g/mol. The van der Waals surface area contributed by atoms with Crippen LogP contribution in [-0.2, 0) is 4.79 Å². The molecule has 1 N–H and O–H groups in total. The molecule has 136 valence electrons. The van der Waals surface area contributed by atoms with Gasteiger partial charge in [-0.05, 0) is 36.6 Å². The maximum atomic E-state index is 12.2. The van der Waals surface area contributed by atoms with Gasteiger partial charge in [0.2, 0.25) is 5.91 Å². The first-order valence-corrected chi connectivity index (χ1v) is 9.02. The summed E-state index contributed by atoms with van der Waals surface area (Å²) in [4.78, 5) is 28.6. The molecule has 1 heterocycles. The Morgan fingerprint density at radius 3 is 2.36 bits per heavy atom. The number of carbonyl (C=O) groups is 2. The standard InChI is InChI=1S/C19H27N3O3/c1-14-13-17(14)19(24)22-11-9-21(10-12-22)8-7-20-18(23)15-3-5-16(25-2)6-4-15/h3-6,14,17H,7-13H2,1-2H3,(H,20,23). The molecule has 0 spiro atoms. The molecular weight excluding hydrogens is 318 g/mol. The van der Waals surface area contributed by atoms with Crippen LogP contribution in [0.3, 0.4) is 0 Å². The van der Waals surface area contributed by atoms with Gasteiger partial charge in [-0.2, -0.15) is 0 Å². The van der Waals surface area contributed by atoms with Crippen molar-refractivity contribution in [3.05, 3.63) is 29.8 Å². The molecule has 1 aliphatic heterocycles. The molecule has 2 amide bonds. The Morgan fingerprint density at radius 2 is 1.80 bits per heavy atom. The molecule has 1 aromatic rings. The molecule has 1 aliphatic carbocycles. The molecule has 2 atom stereocenters. The van der Waals surface area contributed by atoms with E-state index in [0.29, 0.717) is 23.9 Å². The van der Waals surface area contributed by atoms with Crippen molar-refractivity contribution in [1.29, 1.82) is 0 Å². The second kappa shape index (κ2) is 7.87. The lowest BCUT2D eigenvalue weighted by atomic mass is 10.2. The van der Waals surface area contributed by atoms with Gasteiger partial charge in [0.1, 0.15) is 5.75 Å². The lowest BCUT2D eigenvalue weighted by Crippen LogP contribution is -2.50. The van der Waals surface area contributed by atoms with Crippen LogP contribution < -0.4 is 10.1 Å². The number of hydrogen-bond donors (Lipinski definition) is 1. The third-order valence-corrected chi connectivity index (χ3v) is 5.18. The molecule has 2 unspecified atom stereocenters. The summed E-state index contributed by atoms with van der Waals surface area (Å²) >= 11 is 0. The third-order valence-electron chi connectivity index (χ3n) is 5.18. The van der Waals surface area contributed by atoms with Crippen molar-refractivity contribution >= 4 is 11.8 Å². The Balaban J connectivity index is 1.35. The van der Waals surface area contributed by atoms with Crippen LogP contribution in [0.15, 0.2) is 24.3 Å². The van der Waals surface area contributed by atoms with E-state index in [2.05, 4.69) is 17.1 Å². The second-order valence-corrected chi connectivity index (χ2v) is 6.97. The van der Waals surface area contributed by atoms with E-state index in [1.807, 2.05) is 4.90 Å². The molecular formula is C19H27N3O3. The summed E-state index contributed by atoms with van der Waals surface area (Å²) < 4.78 is 5.09. The summed E-state index contributed by atoms with van der Waals surface area (Å²) in [6.07, 6.45) is 1.05. The van der Waals surface area contributed by atoms with Gasteiger partial charge in [-0.25, -0.2) is 0 Å². The summed E-state index contributed by atoms with van der Waals surface area (Å²) in [5.41, 5.74) is 0.634. The van der Waals surface area contributed by atoms with Crippen molar-refractivity contribution in [2.24, 2.45) is 11.8 Å². The number of carbonyl (C=O) groups excluding carboxylic acids is 2. The highest BCUT2D eigenvalue weighted by Gasteiger charge is 2.41. The van der Waals surface area contributed by atoms with Gasteiger partial charge in [0.15, 0.2) is 0 Å². The molecule has 1 aromatic carbocycles. The van der Waals surface area contributed by atoms with Gasteiger partial charge in [0.25, 0.3) is 5.91 Å². The highest BCUT2D eigenvalue weighted by atomic mass is 16.5. The average Bonchev–Trinajstić information content (AvgIpc) is 3.38. The fraction of sp³-hybridized carbons (Fsp3) is 0.579. The first kappa shape index (κ1) is 17.7. The molecule has 3 rings (SSSR count). The molecule has 1 saturated carbocycles. The van der Waals surface area contributed by atoms with Gasteiger partial charge >= 0.3 is 0 Å². The summed E-state index contributed by atoms with van der Waals surface area (Å²) in [5.74, 6) is 1.85. The number of piperazine rings is 1. The van der Waals surface area contributed by atoms with Gasteiger partial charge in [0.05, 0.1) is 7.11 Å². The Labute approximate surface area is 149 Å². The number of nitrogens with zero attached hydrogens (tertiary/aromatic N) is 2. The fourth-order valence-corrected chi connectivity index (χ4v) is 3.26. The van der Waals surface area contributed by atoms with Gasteiger partial charge in [0, 0.05) is 50.7 Å². The Morgan fingerprint density at radius 1 is 1.16 bits per heavy atom. The quantitative estimate of drug-likeness (QED) is 0.842. The molecule has 25 heavy (non-hydrogen) atoms. The first-order valence-electron chi connectivity index (χ1n) is 9.02. The number of hydrogen-bond acceptors (Lipinski definition) is 4. The minimum atomic E-state index is -0.0702. The van der Waals surface area contributed by atoms with Gasteiger partial charge < -0.3 is 15.0 Å². The minimum Gasteiger partial charge on any atom is -0.497 e. The highest BCUT2D eigenvalue weighted by Crippen LogP contribution is 2.39. The van der Waals surface area contributed by atoms with Crippen LogP contribution in [-0.4, -0.2) is 68.0 Å². The van der Waals surface area contributed by atoms with Gasteiger partial charge in [-0.15, -0.1) is 0 Å². The fourth-order valence-electron chi connectivity index (χ4n) is 3.26. The van der Waals surface area contributed by atoms with Crippen molar-refractivity contribution in [2.75, 3.05) is 46.4 Å². The largest absolute Gasteiger partial charge is 0.497 e. The van der Waals surface area contributed by atoms with Crippen molar-refractivity contribution < 1.29 is 14.3 Å². The number of methoxy groups -OCH3 is 1. The van der Waals surface area contributed by atoms with Crippen LogP contribution in [0.25, 0.3) is 0 Å². The predicted octanol–water partition coefficient (Wildman–Crippen LogP) is 1.23. The van der Waals surface area contributed by atoms with E-state index in [9.17, 15) is 9.59 Å². The Hall–Kier alpha value is -2.08. The summed E-state index contributed by atoms with van der Waals surface area (Å²) in [5, 5.41) is 2.95. The van der Waals surface area contributed by atoms with E-state index in [0.717, 1.165) is 44.9 Å². The van der Waals surface area contributed by atoms with Crippen LogP contribution in [0.2, 0.25) is 0 Å². The van der Waals surface area contributed by atoms with Crippen molar-refractivity contribution in [2.45, 2.75) is 13.3 Å². The number of amides is 2. The lowest BCUT2D eigenvalue weighted by Gasteiger charge is -2.35. The zero-order valence-electron chi connectivity index (χ0n) is 15.0. The molecule has 0 radical (unpaired) electrons. The number of ether oxygens (including phenoxy) is 1. The molecule has 0 aromatic heterocycles. The van der Waals surface area contributed by atoms with Crippen LogP contribution in [0.1, 0.15) is 23.7 Å². The number of rotatable bonds is 6. The van der Waals surface area contributed by atoms with Gasteiger partial charge in [-0.3, -0.25) is 14.5 Å². The van der Waals surface area contributed by atoms with E-state index in [4.69, 9.17) is 4.74 Å². The maximum Gasteiger partial charge on any atom is 0.251 e. The lowest BCUT2D eigenvalue weighted by molar-refractivity contribution is -0.134. The number of nitrogens with one attached hydrogen (secondary N) is 1. The molecule has 6 nitrogen and oxygen atoms in total. The Bertz CT molecular complexity index is 609. The molecule has 2 aliphatic rings. The molecule has 2 fully saturated rings. The minimum absolute atomic E-state index is 0.0702. The summed E-state index contributed by atoms with van der Waals surface area (Å²) in [7, 11) is 1.60. The van der Waals surface area contributed by atoms with Crippen molar-refractivity contribution in [1.82, 2.24) is 15.1 Å². The zero-order chi connectivity index (χ0) is 17.8. The number of benzene rings is 1. The SMILES string of the molecule is COc1ccc(C(=O)NCCN2CCN(C(=O)C3CC3C)CC2)cc1. The van der Waals surface area contributed by atoms with Crippen LogP contribution >= 0.6 is 0 Å². The van der Waals surface area contributed by atoms with Crippen molar-refractivity contribution in [3.8, 4) is 5.75 Å². The van der Waals surface area contributed by atoms with Crippen LogP contribution in [0.5, 0.6) is 5.75 Å². The molecule has 0 bridgehead atoms. The summed E-state index contributed by atoms with van der Waals surface area (Å²) in [6.45, 7) is 6.92. The van der Waals surface area contributed by atoms with Gasteiger partial charge in [-0.1, -0.05) is 6.92 Å². The smallest absolute Gasteiger partial charge is 0.251 e. The maximum absolute atomic E-state index is 12.2. The monoisotopic (exact) mass is 345 g/mol. The third kappa shape index (κ3) is 4.51. The topological polar surface area (TPSA) is 61.9 Å². The van der Waals surface area contributed by atoms with E-state index in [-0.39, 0.29) is 11.8 Å². The highest BCUT2D eigenvalue weighted by molar-refractivity contribution is 5.94. The summed E-state index contributed by atoms with van der Waals surface area (Å²) in [6, 6.07) is 7.09. The second-order valence-electron chi connectivity index (χ2n) is 6.97. The van der Waals surface area contributed by atoms with E-state index in [1.54, 1.807) is 31.4 Å². The first-order chi connectivity index (χ1) is 12.1. The normalized spacial score (nSPS) is 23.2. The van der Waals surface area contributed by atoms with Crippen LogP contribution in [0.4, 0.5) is 0 Å². The van der Waals surface area contributed by atoms with E-state index < -0.39 is 0 Å². The molecule has 6 heteroatoms. The van der Waals surface area contributed by atoms with E-state index >= 15 is 0 Å². The van der Waals surface area contributed by atoms with E-state index in [1.165, 1.54) is 0 Å². The molecule has 1 saturated heterocycles. The van der Waals surface area contributed by atoms with Crippen LogP contribution in [0, 0.1) is 11.8 Å². The zero-order valence-corrected chi connectivity index (χ0v) is 15.0. The predicted molar refractivity (Wildman–Crippen MR) is 95.6 cm³/mol. The van der Waals surface area contributed by atoms with Crippen molar-refractivity contribution in [3.63, 3.8) is 0 Å².